The number of aromatic nitrogens is 2. The fourth-order valence-corrected chi connectivity index (χ4v) is 2.58. The van der Waals surface area contributed by atoms with Crippen LogP contribution in [0.3, 0.4) is 0 Å². The van der Waals surface area contributed by atoms with E-state index in [9.17, 15) is 22.4 Å². The highest BCUT2D eigenvalue weighted by Gasteiger charge is 2.31. The van der Waals surface area contributed by atoms with Crippen molar-refractivity contribution in [3.8, 4) is 0 Å². The van der Waals surface area contributed by atoms with Gasteiger partial charge in [-0.3, -0.25) is 4.79 Å². The largest absolute Gasteiger partial charge is 0.324 e. The van der Waals surface area contributed by atoms with Crippen molar-refractivity contribution < 1.29 is 22.4 Å². The molecule has 1 amide bonds. The van der Waals surface area contributed by atoms with E-state index < -0.39 is 41.2 Å². The first-order valence-corrected chi connectivity index (χ1v) is 7.73. The van der Waals surface area contributed by atoms with Crippen LogP contribution in [0.4, 0.5) is 23.2 Å². The van der Waals surface area contributed by atoms with Crippen molar-refractivity contribution in [3.63, 3.8) is 0 Å². The summed E-state index contributed by atoms with van der Waals surface area (Å²) in [6.45, 7) is 4.88. The molecule has 2 rings (SSSR count). The van der Waals surface area contributed by atoms with Crippen LogP contribution in [-0.2, 0) is 4.79 Å². The lowest BCUT2D eigenvalue weighted by molar-refractivity contribution is -0.119. The van der Waals surface area contributed by atoms with Crippen LogP contribution in [0.5, 0.6) is 0 Å². The molecule has 0 saturated carbocycles. The second-order valence-corrected chi connectivity index (χ2v) is 5.99. The summed E-state index contributed by atoms with van der Waals surface area (Å²) in [4.78, 5) is 12.4. The topological polar surface area (TPSA) is 46.9 Å². The van der Waals surface area contributed by atoms with E-state index in [0.717, 1.165) is 11.1 Å². The third-order valence-corrected chi connectivity index (χ3v) is 4.11. The number of carbonyl (C=O) groups excluding carboxylic acids is 1. The van der Waals surface area contributed by atoms with E-state index in [4.69, 9.17) is 11.6 Å². The van der Waals surface area contributed by atoms with Gasteiger partial charge in [0.2, 0.25) is 5.91 Å². The number of hydrogen-bond acceptors (Lipinski definition) is 2. The Balaban J connectivity index is 2.36. The van der Waals surface area contributed by atoms with E-state index in [1.54, 1.807) is 19.1 Å². The predicted octanol–water partition coefficient (Wildman–Crippen LogP) is 5.23. The minimum Gasteiger partial charge on any atom is -0.324 e. The zero-order valence-electron chi connectivity index (χ0n) is 13.7. The quantitative estimate of drug-likeness (QED) is 0.725. The van der Waals surface area contributed by atoms with E-state index in [-0.39, 0.29) is 0 Å². The molecule has 1 N–H and O–H groups in total. The summed E-state index contributed by atoms with van der Waals surface area (Å²) in [6, 6.07) is 4.11. The van der Waals surface area contributed by atoms with Crippen LogP contribution < -0.4 is 5.32 Å². The average molecular weight is 378 g/mol. The number of halogens is 5. The maximum absolute atomic E-state index is 13.2. The Labute approximate surface area is 146 Å². The van der Waals surface area contributed by atoms with Crippen LogP contribution in [0.15, 0.2) is 18.2 Å². The first-order valence-electron chi connectivity index (χ1n) is 7.35. The van der Waals surface area contributed by atoms with Crippen molar-refractivity contribution in [1.29, 1.82) is 0 Å². The molecule has 1 aromatic heterocycles. The van der Waals surface area contributed by atoms with Crippen LogP contribution in [0.1, 0.15) is 48.3 Å². The summed E-state index contributed by atoms with van der Waals surface area (Å²) in [5.74, 6) is -0.671. The van der Waals surface area contributed by atoms with E-state index in [2.05, 4.69) is 10.4 Å². The van der Waals surface area contributed by atoms with Crippen molar-refractivity contribution in [2.24, 2.45) is 0 Å². The molecule has 25 heavy (non-hydrogen) atoms. The van der Waals surface area contributed by atoms with Gasteiger partial charge >= 0.3 is 0 Å². The van der Waals surface area contributed by atoms with Crippen molar-refractivity contribution in [3.05, 3.63) is 45.7 Å². The third-order valence-electron chi connectivity index (χ3n) is 3.72. The molecule has 0 bridgehead atoms. The lowest BCUT2D eigenvalue weighted by Gasteiger charge is -2.17. The molecule has 1 atom stereocenters. The summed E-state index contributed by atoms with van der Waals surface area (Å²) in [5.41, 5.74) is 0.294. The first kappa shape index (κ1) is 19.2. The van der Waals surface area contributed by atoms with Gasteiger partial charge in [-0.05, 0) is 38.0 Å². The highest BCUT2D eigenvalue weighted by atomic mass is 35.5. The highest BCUT2D eigenvalue weighted by Crippen LogP contribution is 2.36. The molecule has 1 aromatic carbocycles. The molecule has 4 nitrogen and oxygen atoms in total. The van der Waals surface area contributed by atoms with Gasteiger partial charge in [0.1, 0.15) is 17.4 Å². The molecule has 9 heteroatoms. The summed E-state index contributed by atoms with van der Waals surface area (Å²) < 4.78 is 52.7. The van der Waals surface area contributed by atoms with Gasteiger partial charge in [-0.2, -0.15) is 5.10 Å². The molecular weight excluding hydrogens is 362 g/mol. The standard InChI is InChI=1S/C16H16ClF4N3O/c1-7-4-5-8(2)10(6-7)22-16(25)9(3)24-13(15(20)21)11(17)12(23-24)14(18)19/h4-6,9,14-15H,1-3H3,(H,22,25). The first-order chi connectivity index (χ1) is 11.6. The lowest BCUT2D eigenvalue weighted by atomic mass is 10.1. The number of hydrogen-bond donors (Lipinski definition) is 1. The number of nitrogens with one attached hydrogen (secondary N) is 1. The van der Waals surface area contributed by atoms with Gasteiger partial charge in [-0.15, -0.1) is 0 Å². The summed E-state index contributed by atoms with van der Waals surface area (Å²) in [6.07, 6.45) is -6.27. The van der Waals surface area contributed by atoms with Crippen LogP contribution in [-0.4, -0.2) is 15.7 Å². The number of anilines is 1. The van der Waals surface area contributed by atoms with Crippen molar-refractivity contribution in [2.75, 3.05) is 5.32 Å². The molecule has 0 aliphatic carbocycles. The number of nitrogens with zero attached hydrogens (tertiary/aromatic N) is 2. The monoisotopic (exact) mass is 377 g/mol. The van der Waals surface area contributed by atoms with E-state index in [0.29, 0.717) is 10.4 Å². The minimum absolute atomic E-state index is 0.503. The molecule has 0 saturated heterocycles. The normalized spacial score (nSPS) is 12.7. The SMILES string of the molecule is Cc1ccc(C)c(NC(=O)C(C)n2nc(C(F)F)c(Cl)c2C(F)F)c1. The number of carbonyl (C=O) groups is 1. The second-order valence-electron chi connectivity index (χ2n) is 5.61. The Morgan fingerprint density at radius 2 is 1.84 bits per heavy atom. The van der Waals surface area contributed by atoms with Crippen LogP contribution in [0.2, 0.25) is 5.02 Å². The van der Waals surface area contributed by atoms with E-state index in [1.165, 1.54) is 6.92 Å². The van der Waals surface area contributed by atoms with Gasteiger partial charge in [0.05, 0.1) is 5.02 Å². The summed E-state index contributed by atoms with van der Waals surface area (Å²) in [5, 5.41) is 5.20. The Morgan fingerprint density at radius 1 is 1.20 bits per heavy atom. The number of alkyl halides is 4. The maximum Gasteiger partial charge on any atom is 0.283 e. The number of aryl methyl sites for hydroxylation is 2. The highest BCUT2D eigenvalue weighted by molar-refractivity contribution is 6.32. The van der Waals surface area contributed by atoms with Crippen molar-refractivity contribution in [1.82, 2.24) is 9.78 Å². The van der Waals surface area contributed by atoms with Crippen LogP contribution in [0.25, 0.3) is 0 Å². The van der Waals surface area contributed by atoms with Gasteiger partial charge in [0.25, 0.3) is 12.9 Å². The van der Waals surface area contributed by atoms with E-state index in [1.807, 2.05) is 13.0 Å². The van der Waals surface area contributed by atoms with Crippen LogP contribution in [0, 0.1) is 13.8 Å². The van der Waals surface area contributed by atoms with E-state index >= 15 is 0 Å². The van der Waals surface area contributed by atoms with Gasteiger partial charge in [0, 0.05) is 5.69 Å². The molecule has 2 aromatic rings. The summed E-state index contributed by atoms with van der Waals surface area (Å²) in [7, 11) is 0. The predicted molar refractivity (Wildman–Crippen MR) is 86.4 cm³/mol. The molecule has 1 unspecified atom stereocenters. The van der Waals surface area contributed by atoms with Gasteiger partial charge < -0.3 is 5.32 Å². The Bertz CT molecular complexity index is 792. The number of amides is 1. The minimum atomic E-state index is -3.15. The Morgan fingerprint density at radius 3 is 2.40 bits per heavy atom. The molecule has 0 spiro atoms. The molecule has 0 aliphatic rings. The Hall–Kier alpha value is -2.09. The third kappa shape index (κ3) is 3.95. The molecule has 0 fully saturated rings. The van der Waals surface area contributed by atoms with Gasteiger partial charge in [-0.1, -0.05) is 23.7 Å². The molecule has 0 aliphatic heterocycles. The maximum atomic E-state index is 13.2. The number of benzene rings is 1. The van der Waals surface area contributed by atoms with Crippen LogP contribution >= 0.6 is 11.6 Å². The summed E-state index contributed by atoms with van der Waals surface area (Å²) >= 11 is 5.60. The molecule has 1 heterocycles. The second kappa shape index (κ2) is 7.43. The Kier molecular flexibility index (Phi) is 5.72. The zero-order valence-corrected chi connectivity index (χ0v) is 14.4. The fraction of sp³-hybridized carbons (Fsp3) is 0.375. The van der Waals surface area contributed by atoms with Gasteiger partial charge in [0.15, 0.2) is 0 Å². The van der Waals surface area contributed by atoms with Gasteiger partial charge in [-0.25, -0.2) is 22.2 Å². The fourth-order valence-electron chi connectivity index (χ4n) is 2.29. The molecular formula is C16H16ClF4N3O. The number of rotatable bonds is 5. The average Bonchev–Trinajstić information content (AvgIpc) is 2.87. The molecule has 0 radical (unpaired) electrons. The lowest BCUT2D eigenvalue weighted by Crippen LogP contribution is -2.26. The van der Waals surface area contributed by atoms with Crippen molar-refractivity contribution >= 4 is 23.2 Å². The smallest absolute Gasteiger partial charge is 0.283 e. The zero-order chi connectivity index (χ0) is 18.9. The van der Waals surface area contributed by atoms with Crippen molar-refractivity contribution in [2.45, 2.75) is 39.7 Å². The molecule has 136 valence electrons.